The summed E-state index contributed by atoms with van der Waals surface area (Å²) in [5.74, 6) is 0.0203. The zero-order valence-electron chi connectivity index (χ0n) is 13.6. The highest BCUT2D eigenvalue weighted by molar-refractivity contribution is 5.76. The number of carbonyl (C=O) groups excluding carboxylic acids is 1. The normalized spacial score (nSPS) is 15.7. The molecule has 0 bridgehead atoms. The van der Waals surface area contributed by atoms with Crippen LogP contribution in [-0.4, -0.2) is 56.5 Å². The van der Waals surface area contributed by atoms with Crippen LogP contribution < -0.4 is 16.6 Å². The molecule has 1 amide bonds. The number of aryl methyl sites for hydroxylation is 1. The molecule has 0 radical (unpaired) electrons. The standard InChI is InChI=1S/C15H23N7O2/c16-15-19-13-12(14(24)20-15)18-10-22(13)8-4-11(23)17-5-9-21-6-2-1-3-7-21/h10H,1-9H2,(H,17,23)(H3,16,19,20,24). The average molecular weight is 333 g/mol. The van der Waals surface area contributed by atoms with Crippen LogP contribution in [0.4, 0.5) is 5.95 Å². The topological polar surface area (TPSA) is 122 Å². The van der Waals surface area contributed by atoms with Crippen LogP contribution in [0.25, 0.3) is 11.2 Å². The molecule has 3 heterocycles. The van der Waals surface area contributed by atoms with Gasteiger partial charge in [0.1, 0.15) is 0 Å². The molecule has 0 atom stereocenters. The number of imidazole rings is 1. The second kappa shape index (κ2) is 7.43. The minimum atomic E-state index is -0.373. The molecule has 24 heavy (non-hydrogen) atoms. The lowest BCUT2D eigenvalue weighted by atomic mass is 10.1. The summed E-state index contributed by atoms with van der Waals surface area (Å²) < 4.78 is 1.67. The number of fused-ring (bicyclic) bond motifs is 1. The molecule has 1 fully saturated rings. The Hall–Kier alpha value is -2.42. The van der Waals surface area contributed by atoms with Gasteiger partial charge in [0.25, 0.3) is 5.56 Å². The molecule has 3 rings (SSSR count). The number of likely N-dealkylation sites (tertiary alicyclic amines) is 1. The molecule has 0 aliphatic carbocycles. The van der Waals surface area contributed by atoms with E-state index in [0.29, 0.717) is 25.2 Å². The summed E-state index contributed by atoms with van der Waals surface area (Å²) in [5.41, 5.74) is 5.81. The number of hydrogen-bond acceptors (Lipinski definition) is 6. The van der Waals surface area contributed by atoms with Crippen molar-refractivity contribution in [2.45, 2.75) is 32.2 Å². The molecule has 4 N–H and O–H groups in total. The Bertz CT molecular complexity index is 761. The number of nitrogens with one attached hydrogen (secondary N) is 2. The Morgan fingerprint density at radius 1 is 1.29 bits per heavy atom. The number of carbonyl (C=O) groups is 1. The molecule has 9 nitrogen and oxygen atoms in total. The van der Waals surface area contributed by atoms with Crippen molar-refractivity contribution < 1.29 is 4.79 Å². The van der Waals surface area contributed by atoms with E-state index < -0.39 is 0 Å². The smallest absolute Gasteiger partial charge is 0.280 e. The summed E-state index contributed by atoms with van der Waals surface area (Å²) >= 11 is 0. The number of aromatic amines is 1. The van der Waals surface area contributed by atoms with Crippen molar-refractivity contribution in [3.8, 4) is 0 Å². The molecule has 2 aromatic heterocycles. The Kier molecular flexibility index (Phi) is 5.09. The Balaban J connectivity index is 1.48. The summed E-state index contributed by atoms with van der Waals surface area (Å²) in [5, 5.41) is 2.94. The molecule has 1 aliphatic heterocycles. The molecule has 0 aromatic carbocycles. The molecule has 2 aromatic rings. The number of aromatic nitrogens is 4. The third-order valence-electron chi connectivity index (χ3n) is 4.27. The van der Waals surface area contributed by atoms with Crippen LogP contribution in [0.5, 0.6) is 0 Å². The highest BCUT2D eigenvalue weighted by Crippen LogP contribution is 2.08. The number of H-pyrrole nitrogens is 1. The molecule has 130 valence electrons. The Morgan fingerprint density at radius 2 is 2.08 bits per heavy atom. The highest BCUT2D eigenvalue weighted by Gasteiger charge is 2.12. The number of nitrogens with two attached hydrogens (primary N) is 1. The van der Waals surface area contributed by atoms with Gasteiger partial charge in [0.2, 0.25) is 11.9 Å². The fourth-order valence-electron chi connectivity index (χ4n) is 2.98. The lowest BCUT2D eigenvalue weighted by Gasteiger charge is -2.26. The molecule has 1 aliphatic rings. The van der Waals surface area contributed by atoms with E-state index in [1.165, 1.54) is 25.6 Å². The maximum atomic E-state index is 12.0. The number of nitrogens with zero attached hydrogens (tertiary/aromatic N) is 4. The number of hydrogen-bond donors (Lipinski definition) is 3. The SMILES string of the molecule is Nc1nc2c(ncn2CCC(=O)NCCN2CCCCC2)c(=O)[nH]1. The van der Waals surface area contributed by atoms with Gasteiger partial charge in [-0.15, -0.1) is 0 Å². The first-order valence-corrected chi connectivity index (χ1v) is 8.33. The van der Waals surface area contributed by atoms with E-state index >= 15 is 0 Å². The zero-order valence-corrected chi connectivity index (χ0v) is 13.6. The van der Waals surface area contributed by atoms with Gasteiger partial charge in [-0.05, 0) is 25.9 Å². The van der Waals surface area contributed by atoms with Crippen LogP contribution in [0.1, 0.15) is 25.7 Å². The summed E-state index contributed by atoms with van der Waals surface area (Å²) in [6.45, 7) is 4.21. The highest BCUT2D eigenvalue weighted by atomic mass is 16.1. The van der Waals surface area contributed by atoms with E-state index in [-0.39, 0.29) is 22.9 Å². The average Bonchev–Trinajstić information content (AvgIpc) is 2.97. The van der Waals surface area contributed by atoms with E-state index in [0.717, 1.165) is 19.6 Å². The van der Waals surface area contributed by atoms with E-state index in [2.05, 4.69) is 25.2 Å². The van der Waals surface area contributed by atoms with E-state index in [1.54, 1.807) is 4.57 Å². The van der Waals surface area contributed by atoms with Gasteiger partial charge in [0, 0.05) is 26.1 Å². The van der Waals surface area contributed by atoms with Gasteiger partial charge in [-0.1, -0.05) is 6.42 Å². The van der Waals surface area contributed by atoms with Crippen molar-refractivity contribution in [2.24, 2.45) is 0 Å². The first-order valence-electron chi connectivity index (χ1n) is 8.33. The van der Waals surface area contributed by atoms with Crippen molar-refractivity contribution in [2.75, 3.05) is 31.9 Å². The first-order chi connectivity index (χ1) is 11.6. The summed E-state index contributed by atoms with van der Waals surface area (Å²) in [6.07, 6.45) is 5.62. The minimum absolute atomic E-state index is 0.0216. The predicted octanol–water partition coefficient (Wildman–Crippen LogP) is -0.306. The van der Waals surface area contributed by atoms with E-state index in [4.69, 9.17) is 5.73 Å². The second-order valence-electron chi connectivity index (χ2n) is 6.06. The van der Waals surface area contributed by atoms with Gasteiger partial charge in [0.05, 0.1) is 6.33 Å². The molecule has 9 heteroatoms. The summed E-state index contributed by atoms with van der Waals surface area (Å²) in [7, 11) is 0. The van der Waals surface area contributed by atoms with Gasteiger partial charge in [-0.3, -0.25) is 14.6 Å². The summed E-state index contributed by atoms with van der Waals surface area (Å²) in [4.78, 5) is 36.6. The Morgan fingerprint density at radius 3 is 2.88 bits per heavy atom. The number of piperidine rings is 1. The molecular formula is C15H23N7O2. The quantitative estimate of drug-likeness (QED) is 0.667. The van der Waals surface area contributed by atoms with Crippen molar-refractivity contribution >= 4 is 23.0 Å². The third kappa shape index (κ3) is 3.91. The monoisotopic (exact) mass is 333 g/mol. The fraction of sp³-hybridized carbons (Fsp3) is 0.600. The van der Waals surface area contributed by atoms with Crippen LogP contribution in [0, 0.1) is 0 Å². The van der Waals surface area contributed by atoms with Crippen LogP contribution in [-0.2, 0) is 11.3 Å². The predicted molar refractivity (Wildman–Crippen MR) is 90.5 cm³/mol. The van der Waals surface area contributed by atoms with Crippen molar-refractivity contribution in [3.05, 3.63) is 16.7 Å². The lowest BCUT2D eigenvalue weighted by Crippen LogP contribution is -2.37. The second-order valence-corrected chi connectivity index (χ2v) is 6.06. The van der Waals surface area contributed by atoms with Gasteiger partial charge in [0.15, 0.2) is 11.2 Å². The van der Waals surface area contributed by atoms with Crippen molar-refractivity contribution in [3.63, 3.8) is 0 Å². The van der Waals surface area contributed by atoms with Crippen LogP contribution >= 0.6 is 0 Å². The van der Waals surface area contributed by atoms with Crippen molar-refractivity contribution in [1.29, 1.82) is 0 Å². The lowest BCUT2D eigenvalue weighted by molar-refractivity contribution is -0.121. The number of rotatable bonds is 6. The van der Waals surface area contributed by atoms with Gasteiger partial charge in [-0.25, -0.2) is 4.98 Å². The molecule has 1 saturated heterocycles. The fourth-order valence-corrected chi connectivity index (χ4v) is 2.98. The van der Waals surface area contributed by atoms with Crippen LogP contribution in [0.2, 0.25) is 0 Å². The number of anilines is 1. The first kappa shape index (κ1) is 16.4. The third-order valence-corrected chi connectivity index (χ3v) is 4.27. The summed E-state index contributed by atoms with van der Waals surface area (Å²) in [6, 6.07) is 0. The molecule has 0 unspecified atom stereocenters. The number of nitrogen functional groups attached to an aromatic ring is 1. The van der Waals surface area contributed by atoms with Gasteiger partial charge < -0.3 is 20.5 Å². The minimum Gasteiger partial charge on any atom is -0.369 e. The molecule has 0 saturated carbocycles. The van der Waals surface area contributed by atoms with E-state index in [9.17, 15) is 9.59 Å². The van der Waals surface area contributed by atoms with Crippen LogP contribution in [0.3, 0.4) is 0 Å². The zero-order chi connectivity index (χ0) is 16.9. The Labute approximate surface area is 139 Å². The maximum Gasteiger partial charge on any atom is 0.280 e. The van der Waals surface area contributed by atoms with Crippen molar-refractivity contribution in [1.82, 2.24) is 29.7 Å². The number of amides is 1. The largest absolute Gasteiger partial charge is 0.369 e. The van der Waals surface area contributed by atoms with Gasteiger partial charge in [-0.2, -0.15) is 4.98 Å². The van der Waals surface area contributed by atoms with Crippen LogP contribution in [0.15, 0.2) is 11.1 Å². The molecular weight excluding hydrogens is 310 g/mol. The maximum absolute atomic E-state index is 12.0. The van der Waals surface area contributed by atoms with Gasteiger partial charge >= 0.3 is 0 Å². The molecule has 0 spiro atoms. The van der Waals surface area contributed by atoms with E-state index in [1.807, 2.05) is 0 Å².